The van der Waals surface area contributed by atoms with E-state index < -0.39 is 23.5 Å². The number of hydrogen-bond acceptors (Lipinski definition) is 7. The highest BCUT2D eigenvalue weighted by Crippen LogP contribution is 2.37. The second-order valence-electron chi connectivity index (χ2n) is 11.4. The molecule has 0 saturated carbocycles. The van der Waals surface area contributed by atoms with Gasteiger partial charge in [0.25, 0.3) is 5.91 Å². The summed E-state index contributed by atoms with van der Waals surface area (Å²) in [5, 5.41) is 37.4. The van der Waals surface area contributed by atoms with Crippen molar-refractivity contribution in [2.45, 2.75) is 37.6 Å². The number of aliphatic hydroxyl groups is 1. The second kappa shape index (κ2) is 12.9. The maximum Gasteiger partial charge on any atom is 0.334 e. The lowest BCUT2D eigenvalue weighted by Crippen LogP contribution is -2.50. The van der Waals surface area contributed by atoms with Crippen LogP contribution in [0.4, 0.5) is 0 Å². The van der Waals surface area contributed by atoms with Gasteiger partial charge in [0.05, 0.1) is 11.6 Å². The molecule has 4 aromatic carbocycles. The van der Waals surface area contributed by atoms with Crippen LogP contribution in [0.25, 0.3) is 10.9 Å². The average molecular weight is 620 g/mol. The van der Waals surface area contributed by atoms with E-state index in [9.17, 15) is 29.7 Å². The lowest BCUT2D eigenvalue weighted by molar-refractivity contribution is -0.144. The lowest BCUT2D eigenvalue weighted by Gasteiger charge is -2.27. The average Bonchev–Trinajstić information content (AvgIpc) is 3.44. The molecule has 5 aromatic rings. The van der Waals surface area contributed by atoms with Crippen LogP contribution in [-0.2, 0) is 29.9 Å². The first-order valence-electron chi connectivity index (χ1n) is 14.9. The normalized spacial score (nSPS) is 16.1. The third-order valence-corrected chi connectivity index (χ3v) is 8.42. The quantitative estimate of drug-likeness (QED) is 0.128. The van der Waals surface area contributed by atoms with Gasteiger partial charge in [-0.1, -0.05) is 54.6 Å². The number of carboxylic acids is 1. The zero-order valence-electron chi connectivity index (χ0n) is 24.8. The molecular weight excluding hydrogens is 586 g/mol. The number of aromatic nitrogens is 1. The van der Waals surface area contributed by atoms with Gasteiger partial charge >= 0.3 is 5.97 Å². The van der Waals surface area contributed by atoms with Crippen molar-refractivity contribution in [2.24, 2.45) is 0 Å². The van der Waals surface area contributed by atoms with Crippen molar-refractivity contribution in [3.8, 4) is 11.5 Å². The van der Waals surface area contributed by atoms with Crippen LogP contribution in [0.3, 0.4) is 0 Å². The zero-order chi connectivity index (χ0) is 32.3. The number of carboxylic acid groups (broad SMARTS) is 1. The van der Waals surface area contributed by atoms with Crippen LogP contribution in [0.2, 0.25) is 0 Å². The summed E-state index contributed by atoms with van der Waals surface area (Å²) in [5.74, 6) is -1.02. The Bertz CT molecular complexity index is 1950. The molecule has 0 spiro atoms. The van der Waals surface area contributed by atoms with Gasteiger partial charge in [0.1, 0.15) is 18.1 Å². The van der Waals surface area contributed by atoms with E-state index >= 15 is 0 Å². The molecule has 0 fully saturated rings. The molecule has 10 heteroatoms. The number of aromatic hydroxyl groups is 1. The Kier molecular flexibility index (Phi) is 8.56. The van der Waals surface area contributed by atoms with E-state index in [1.807, 2.05) is 36.4 Å². The molecule has 6 N–H and O–H groups in total. The minimum atomic E-state index is -1.45. The first-order chi connectivity index (χ1) is 22.2. The molecule has 0 saturated heterocycles. The summed E-state index contributed by atoms with van der Waals surface area (Å²) in [7, 11) is 0. The minimum Gasteiger partial charge on any atom is -0.506 e. The Labute approximate surface area is 264 Å². The summed E-state index contributed by atoms with van der Waals surface area (Å²) >= 11 is 0. The summed E-state index contributed by atoms with van der Waals surface area (Å²) in [6.07, 6.45) is 0.0310. The largest absolute Gasteiger partial charge is 0.506 e. The Morgan fingerprint density at radius 2 is 1.65 bits per heavy atom. The van der Waals surface area contributed by atoms with Crippen molar-refractivity contribution in [2.75, 3.05) is 6.54 Å². The number of fused-ring (bicyclic) bond motifs is 2. The minimum absolute atomic E-state index is 0.0538. The number of carbonyl (C=O) groups excluding carboxylic acids is 1. The monoisotopic (exact) mass is 619 g/mol. The van der Waals surface area contributed by atoms with Crippen molar-refractivity contribution >= 4 is 22.8 Å². The van der Waals surface area contributed by atoms with Crippen LogP contribution in [0, 0.1) is 0 Å². The van der Waals surface area contributed by atoms with Gasteiger partial charge in [-0.2, -0.15) is 0 Å². The number of phenols is 1. The van der Waals surface area contributed by atoms with Gasteiger partial charge in [-0.15, -0.1) is 0 Å². The summed E-state index contributed by atoms with van der Waals surface area (Å²) in [4.78, 5) is 39.6. The Morgan fingerprint density at radius 1 is 0.913 bits per heavy atom. The number of ether oxygens (including phenoxy) is 1. The molecule has 0 aliphatic heterocycles. The second-order valence-corrected chi connectivity index (χ2v) is 11.4. The van der Waals surface area contributed by atoms with Crippen molar-refractivity contribution < 1.29 is 29.6 Å². The topological polar surface area (TPSA) is 161 Å². The number of rotatable bonds is 11. The van der Waals surface area contributed by atoms with E-state index in [-0.39, 0.29) is 17.9 Å². The lowest BCUT2D eigenvalue weighted by atomic mass is 9.91. The van der Waals surface area contributed by atoms with E-state index in [2.05, 4.69) is 15.6 Å². The summed E-state index contributed by atoms with van der Waals surface area (Å²) < 4.78 is 5.90. The van der Waals surface area contributed by atoms with Gasteiger partial charge < -0.3 is 35.7 Å². The third kappa shape index (κ3) is 6.21. The van der Waals surface area contributed by atoms with E-state index in [0.717, 1.165) is 16.7 Å². The van der Waals surface area contributed by atoms with Gasteiger partial charge in [-0.05, 0) is 77.1 Å². The third-order valence-electron chi connectivity index (χ3n) is 8.42. The van der Waals surface area contributed by atoms with E-state index in [1.54, 1.807) is 48.5 Å². The maximum absolute atomic E-state index is 13.0. The van der Waals surface area contributed by atoms with Crippen molar-refractivity contribution in [1.29, 1.82) is 0 Å². The standard InChI is InChI=1S/C36H33N3O7/c40-30-15-13-27(28-14-16-32(42)38-33(28)30)31(41)20-37-19-22-5-7-23(8-6-22)21-46-26-11-9-25(10-12-26)34(43)39-36(35(44)45)18-17-24-3-1-2-4-29(24)36/h1-16,31,37,40-41H,17-21H2,(H,38,42)(H,39,43)(H,44,45)/t31-,36?/m0/s1. The Morgan fingerprint density at radius 3 is 2.41 bits per heavy atom. The van der Waals surface area contributed by atoms with Crippen LogP contribution >= 0.6 is 0 Å². The highest BCUT2D eigenvalue weighted by Gasteiger charge is 2.46. The molecule has 1 amide bonds. The molecule has 10 nitrogen and oxygen atoms in total. The number of pyridine rings is 1. The van der Waals surface area contributed by atoms with Crippen molar-refractivity contribution in [3.63, 3.8) is 0 Å². The van der Waals surface area contributed by atoms with Gasteiger partial charge in [-0.3, -0.25) is 9.59 Å². The molecule has 1 heterocycles. The highest BCUT2D eigenvalue weighted by molar-refractivity contribution is 5.98. The number of nitrogens with one attached hydrogen (secondary N) is 3. The number of amides is 1. The fourth-order valence-corrected chi connectivity index (χ4v) is 5.92. The van der Waals surface area contributed by atoms with Crippen LogP contribution in [0.1, 0.15) is 50.7 Å². The van der Waals surface area contributed by atoms with Gasteiger partial charge in [0.2, 0.25) is 5.56 Å². The summed E-state index contributed by atoms with van der Waals surface area (Å²) in [6.45, 7) is 1.10. The maximum atomic E-state index is 13.0. The first kappa shape index (κ1) is 30.6. The molecule has 234 valence electrons. The molecule has 1 unspecified atom stereocenters. The molecule has 0 bridgehead atoms. The number of H-pyrrole nitrogens is 1. The predicted molar refractivity (Wildman–Crippen MR) is 172 cm³/mol. The van der Waals surface area contributed by atoms with E-state index in [0.29, 0.717) is 59.3 Å². The van der Waals surface area contributed by atoms with Crippen LogP contribution < -0.4 is 20.9 Å². The van der Waals surface area contributed by atoms with Crippen molar-refractivity contribution in [3.05, 3.63) is 141 Å². The van der Waals surface area contributed by atoms with Crippen LogP contribution in [0.15, 0.2) is 102 Å². The van der Waals surface area contributed by atoms with Crippen LogP contribution in [-0.4, -0.2) is 38.7 Å². The molecule has 0 radical (unpaired) electrons. The highest BCUT2D eigenvalue weighted by atomic mass is 16.5. The molecule has 2 atom stereocenters. The zero-order valence-corrected chi connectivity index (χ0v) is 24.8. The number of aliphatic carboxylic acids is 1. The van der Waals surface area contributed by atoms with Gasteiger partial charge in [0.15, 0.2) is 5.54 Å². The van der Waals surface area contributed by atoms with Crippen LogP contribution in [0.5, 0.6) is 11.5 Å². The molecule has 46 heavy (non-hydrogen) atoms. The number of aryl methyl sites for hydroxylation is 1. The molecule has 1 aliphatic rings. The first-order valence-corrected chi connectivity index (χ1v) is 14.9. The summed E-state index contributed by atoms with van der Waals surface area (Å²) in [6, 6.07) is 27.8. The fourth-order valence-electron chi connectivity index (χ4n) is 5.92. The number of aromatic amines is 1. The van der Waals surface area contributed by atoms with E-state index in [1.165, 1.54) is 12.1 Å². The van der Waals surface area contributed by atoms with Gasteiger partial charge in [-0.25, -0.2) is 4.79 Å². The molecule has 1 aliphatic carbocycles. The predicted octanol–water partition coefficient (Wildman–Crippen LogP) is 4.29. The molecule has 6 rings (SSSR count). The van der Waals surface area contributed by atoms with Crippen molar-refractivity contribution in [1.82, 2.24) is 15.6 Å². The number of hydrogen-bond donors (Lipinski definition) is 6. The smallest absolute Gasteiger partial charge is 0.334 e. The van der Waals surface area contributed by atoms with E-state index in [4.69, 9.17) is 4.74 Å². The number of phenolic OH excluding ortho intramolecular Hbond substituents is 1. The number of benzene rings is 4. The Hall–Kier alpha value is -5.45. The Balaban J connectivity index is 0.997. The summed E-state index contributed by atoms with van der Waals surface area (Å²) in [5.41, 5.74) is 2.96. The van der Waals surface area contributed by atoms with Gasteiger partial charge in [0, 0.05) is 30.1 Å². The SMILES string of the molecule is O=C(NC1(C(=O)O)CCc2ccccc21)c1ccc(OCc2ccc(CNC[C@H](O)c3ccc(O)c4[nH]c(=O)ccc34)cc2)cc1. The number of carbonyl (C=O) groups is 2. The fraction of sp³-hybridized carbons (Fsp3) is 0.194. The number of aliphatic hydroxyl groups excluding tert-OH is 1. The molecule has 1 aromatic heterocycles. The molecular formula is C36H33N3O7.